The van der Waals surface area contributed by atoms with Crippen molar-refractivity contribution >= 4 is 34.3 Å². The van der Waals surface area contributed by atoms with Gasteiger partial charge in [-0.2, -0.15) is 0 Å². The summed E-state index contributed by atoms with van der Waals surface area (Å²) in [5, 5.41) is 14.1. The molecule has 0 aliphatic heterocycles. The molecule has 0 aliphatic rings. The second-order valence-corrected chi connectivity index (χ2v) is 7.23. The predicted octanol–water partition coefficient (Wildman–Crippen LogP) is 4.51. The molecule has 154 valence electrons. The van der Waals surface area contributed by atoms with Crippen LogP contribution in [0.5, 0.6) is 5.75 Å². The van der Waals surface area contributed by atoms with Crippen molar-refractivity contribution in [2.75, 3.05) is 0 Å². The van der Waals surface area contributed by atoms with Crippen molar-refractivity contribution in [1.82, 2.24) is 5.32 Å². The molecule has 31 heavy (non-hydrogen) atoms. The highest BCUT2D eigenvalue weighted by molar-refractivity contribution is 6.30. The minimum atomic E-state index is -1.47. The summed E-state index contributed by atoms with van der Waals surface area (Å²) in [6.07, 6.45) is 0. The first-order valence-electron chi connectivity index (χ1n) is 9.36. The van der Waals surface area contributed by atoms with Crippen molar-refractivity contribution in [1.29, 1.82) is 0 Å². The van der Waals surface area contributed by atoms with Gasteiger partial charge in [0.2, 0.25) is 0 Å². The fraction of sp³-hybridized carbons (Fsp3) is 0.0417. The van der Waals surface area contributed by atoms with Gasteiger partial charge in [-0.1, -0.05) is 54.1 Å². The molecule has 0 bridgehead atoms. The Balaban J connectivity index is 1.84. The quantitative estimate of drug-likeness (QED) is 0.356. The van der Waals surface area contributed by atoms with E-state index in [2.05, 4.69) is 5.32 Å². The number of hydrogen-bond donors (Lipinski definition) is 2. The molecular formula is C24H16ClNO5. The zero-order chi connectivity index (χ0) is 22.0. The predicted molar refractivity (Wildman–Crippen MR) is 117 cm³/mol. The summed E-state index contributed by atoms with van der Waals surface area (Å²) in [5.74, 6) is -1.60. The van der Waals surface area contributed by atoms with E-state index in [9.17, 15) is 19.5 Å². The SMILES string of the molecule is O=C(NC(C(=O)c1ccccc1)c1c(O)c2ccccc2oc1=O)c1ccc(Cl)cc1. The minimum absolute atomic E-state index is 0.170. The molecule has 7 heteroatoms. The fourth-order valence-corrected chi connectivity index (χ4v) is 3.38. The summed E-state index contributed by atoms with van der Waals surface area (Å²) in [6, 6.07) is 19.2. The number of fused-ring (bicyclic) bond motifs is 1. The first kappa shape index (κ1) is 20.4. The van der Waals surface area contributed by atoms with Crippen LogP contribution in [-0.2, 0) is 0 Å². The lowest BCUT2D eigenvalue weighted by molar-refractivity contribution is 0.0854. The van der Waals surface area contributed by atoms with Crippen molar-refractivity contribution in [3.05, 3.63) is 111 Å². The molecule has 0 fully saturated rings. The van der Waals surface area contributed by atoms with Crippen LogP contribution in [-0.4, -0.2) is 16.8 Å². The van der Waals surface area contributed by atoms with Crippen molar-refractivity contribution in [2.45, 2.75) is 6.04 Å². The molecule has 1 heterocycles. The number of ketones is 1. The van der Waals surface area contributed by atoms with Crippen LogP contribution < -0.4 is 10.9 Å². The zero-order valence-electron chi connectivity index (χ0n) is 16.0. The summed E-state index contributed by atoms with van der Waals surface area (Å²) < 4.78 is 5.31. The van der Waals surface area contributed by atoms with Crippen molar-refractivity contribution in [3.8, 4) is 5.75 Å². The van der Waals surface area contributed by atoms with Gasteiger partial charge in [0, 0.05) is 16.1 Å². The highest BCUT2D eigenvalue weighted by Gasteiger charge is 2.31. The Morgan fingerprint density at radius 1 is 0.871 bits per heavy atom. The van der Waals surface area contributed by atoms with Gasteiger partial charge in [-0.15, -0.1) is 0 Å². The summed E-state index contributed by atoms with van der Waals surface area (Å²) in [4.78, 5) is 38.9. The second kappa shape index (κ2) is 8.45. The Hall–Kier alpha value is -3.90. The summed E-state index contributed by atoms with van der Waals surface area (Å²) in [7, 11) is 0. The number of aromatic hydroxyl groups is 1. The van der Waals surface area contributed by atoms with Gasteiger partial charge in [0.15, 0.2) is 5.78 Å². The third kappa shape index (κ3) is 4.06. The number of para-hydroxylation sites is 1. The average Bonchev–Trinajstić information content (AvgIpc) is 2.79. The van der Waals surface area contributed by atoms with Crippen LogP contribution in [0.25, 0.3) is 11.0 Å². The summed E-state index contributed by atoms with van der Waals surface area (Å²) >= 11 is 5.87. The number of amides is 1. The van der Waals surface area contributed by atoms with Gasteiger partial charge in [0.05, 0.1) is 5.39 Å². The topological polar surface area (TPSA) is 96.6 Å². The van der Waals surface area contributed by atoms with E-state index in [1.165, 1.54) is 30.3 Å². The molecule has 1 atom stereocenters. The third-order valence-electron chi connectivity index (χ3n) is 4.81. The number of carbonyl (C=O) groups is 2. The first-order chi connectivity index (χ1) is 15.0. The van der Waals surface area contributed by atoms with Crippen LogP contribution in [0.4, 0.5) is 0 Å². The van der Waals surface area contributed by atoms with Gasteiger partial charge >= 0.3 is 5.63 Å². The van der Waals surface area contributed by atoms with E-state index in [0.29, 0.717) is 5.02 Å². The highest BCUT2D eigenvalue weighted by Crippen LogP contribution is 2.31. The molecule has 0 radical (unpaired) electrons. The number of halogens is 1. The normalized spacial score (nSPS) is 11.8. The van der Waals surface area contributed by atoms with E-state index in [0.717, 1.165) is 0 Å². The Kier molecular flexibility index (Phi) is 5.56. The van der Waals surface area contributed by atoms with E-state index < -0.39 is 29.1 Å². The number of nitrogens with one attached hydrogen (secondary N) is 1. The Labute approximate surface area is 181 Å². The first-order valence-corrected chi connectivity index (χ1v) is 9.74. The minimum Gasteiger partial charge on any atom is -0.507 e. The number of rotatable bonds is 5. The lowest BCUT2D eigenvalue weighted by Crippen LogP contribution is -2.36. The molecule has 0 saturated heterocycles. The largest absolute Gasteiger partial charge is 0.507 e. The van der Waals surface area contributed by atoms with E-state index in [4.69, 9.17) is 16.0 Å². The molecule has 0 aliphatic carbocycles. The third-order valence-corrected chi connectivity index (χ3v) is 5.06. The van der Waals surface area contributed by atoms with Crippen LogP contribution in [0, 0.1) is 0 Å². The molecule has 1 amide bonds. The van der Waals surface area contributed by atoms with Gasteiger partial charge in [-0.3, -0.25) is 9.59 Å². The molecule has 0 saturated carbocycles. The van der Waals surface area contributed by atoms with Crippen LogP contribution in [0.3, 0.4) is 0 Å². The molecule has 3 aromatic carbocycles. The molecule has 1 aromatic heterocycles. The van der Waals surface area contributed by atoms with Crippen LogP contribution in [0.15, 0.2) is 88.1 Å². The van der Waals surface area contributed by atoms with Gasteiger partial charge in [-0.05, 0) is 36.4 Å². The van der Waals surface area contributed by atoms with E-state index in [1.807, 2.05) is 0 Å². The maximum Gasteiger partial charge on any atom is 0.345 e. The maximum atomic E-state index is 13.3. The lowest BCUT2D eigenvalue weighted by atomic mass is 9.96. The second-order valence-electron chi connectivity index (χ2n) is 6.79. The maximum absolute atomic E-state index is 13.3. The van der Waals surface area contributed by atoms with E-state index >= 15 is 0 Å². The van der Waals surface area contributed by atoms with Gasteiger partial charge in [0.25, 0.3) is 5.91 Å². The molecular weight excluding hydrogens is 418 g/mol. The van der Waals surface area contributed by atoms with Crippen molar-refractivity contribution in [2.24, 2.45) is 0 Å². The zero-order valence-corrected chi connectivity index (χ0v) is 16.8. The summed E-state index contributed by atoms with van der Waals surface area (Å²) in [6.45, 7) is 0. The monoisotopic (exact) mass is 433 g/mol. The van der Waals surface area contributed by atoms with E-state index in [1.54, 1.807) is 48.5 Å². The van der Waals surface area contributed by atoms with Gasteiger partial charge in [-0.25, -0.2) is 4.79 Å². The average molecular weight is 434 g/mol. The van der Waals surface area contributed by atoms with Crippen molar-refractivity contribution in [3.63, 3.8) is 0 Å². The van der Waals surface area contributed by atoms with Gasteiger partial charge in [0.1, 0.15) is 22.9 Å². The van der Waals surface area contributed by atoms with Crippen molar-refractivity contribution < 1.29 is 19.1 Å². The highest BCUT2D eigenvalue weighted by atomic mass is 35.5. The Bertz CT molecular complexity index is 1330. The van der Waals surface area contributed by atoms with Crippen LogP contribution >= 0.6 is 11.6 Å². The van der Waals surface area contributed by atoms with Crippen LogP contribution in [0.1, 0.15) is 32.3 Å². The molecule has 2 N–H and O–H groups in total. The summed E-state index contributed by atoms with van der Waals surface area (Å²) in [5.41, 5.74) is -0.587. The molecule has 0 spiro atoms. The standard InChI is InChI=1S/C24H16ClNO5/c25-16-12-10-15(11-13-16)23(29)26-20(21(27)14-6-2-1-3-7-14)19-22(28)17-8-4-5-9-18(17)31-24(19)30/h1-13,20,28H,(H,26,29). The Morgan fingerprint density at radius 2 is 1.52 bits per heavy atom. The molecule has 4 aromatic rings. The molecule has 6 nitrogen and oxygen atoms in total. The molecule has 1 unspecified atom stereocenters. The van der Waals surface area contributed by atoms with Gasteiger partial charge < -0.3 is 14.8 Å². The lowest BCUT2D eigenvalue weighted by Gasteiger charge is -2.19. The number of hydrogen-bond acceptors (Lipinski definition) is 5. The smallest absolute Gasteiger partial charge is 0.345 e. The Morgan fingerprint density at radius 3 is 2.23 bits per heavy atom. The number of benzene rings is 3. The number of carbonyl (C=O) groups excluding carboxylic acids is 2. The van der Waals surface area contributed by atoms with E-state index in [-0.39, 0.29) is 27.7 Å². The fourth-order valence-electron chi connectivity index (χ4n) is 3.26. The van der Waals surface area contributed by atoms with Crippen LogP contribution in [0.2, 0.25) is 5.02 Å². The molecule has 4 rings (SSSR count). The number of Topliss-reactive ketones (excluding diaryl/α,β-unsaturated/α-hetero) is 1.